The Morgan fingerprint density at radius 3 is 2.27 bits per heavy atom. The van der Waals surface area contributed by atoms with Gasteiger partial charge in [-0.3, -0.25) is 9.59 Å². The lowest BCUT2D eigenvalue weighted by molar-refractivity contribution is -0.130. The molecule has 3 rings (SSSR count). The minimum atomic E-state index is 0.0462. The quantitative estimate of drug-likeness (QED) is 0.791. The highest BCUT2D eigenvalue weighted by atomic mass is 35.5. The number of carbonyl (C=O) groups excluding carboxylic acids is 2. The van der Waals surface area contributed by atoms with Crippen LogP contribution in [0.5, 0.6) is 0 Å². The van der Waals surface area contributed by atoms with Gasteiger partial charge in [-0.1, -0.05) is 36.6 Å². The largest absolute Gasteiger partial charge is 0.356 e. The number of rotatable bonds is 6. The first kappa shape index (κ1) is 19.2. The maximum Gasteiger partial charge on any atom is 0.223 e. The summed E-state index contributed by atoms with van der Waals surface area (Å²) in [7, 11) is 0. The number of benzene rings is 1. The Hall–Kier alpha value is -1.55. The summed E-state index contributed by atoms with van der Waals surface area (Å²) in [6.45, 7) is 0.626. The molecule has 26 heavy (non-hydrogen) atoms. The Kier molecular flexibility index (Phi) is 6.95. The fourth-order valence-electron chi connectivity index (χ4n) is 4.17. The van der Waals surface area contributed by atoms with Crippen LogP contribution < -0.4 is 10.6 Å². The van der Waals surface area contributed by atoms with Crippen LogP contribution in [0.3, 0.4) is 0 Å². The van der Waals surface area contributed by atoms with E-state index in [4.69, 9.17) is 11.6 Å². The van der Waals surface area contributed by atoms with Crippen LogP contribution >= 0.6 is 11.6 Å². The Labute approximate surface area is 161 Å². The third kappa shape index (κ3) is 5.47. The molecule has 4 nitrogen and oxygen atoms in total. The van der Waals surface area contributed by atoms with Crippen molar-refractivity contribution in [3.05, 3.63) is 34.9 Å². The smallest absolute Gasteiger partial charge is 0.223 e. The van der Waals surface area contributed by atoms with Gasteiger partial charge >= 0.3 is 0 Å². The van der Waals surface area contributed by atoms with Crippen molar-refractivity contribution in [2.45, 2.75) is 63.8 Å². The second-order valence-corrected chi connectivity index (χ2v) is 8.15. The zero-order valence-electron chi connectivity index (χ0n) is 15.3. The number of carbonyl (C=O) groups is 2. The average molecular weight is 377 g/mol. The van der Waals surface area contributed by atoms with Crippen molar-refractivity contribution in [2.24, 2.45) is 11.8 Å². The molecule has 2 aliphatic rings. The minimum Gasteiger partial charge on any atom is -0.356 e. The van der Waals surface area contributed by atoms with Crippen molar-refractivity contribution >= 4 is 23.4 Å². The van der Waals surface area contributed by atoms with Gasteiger partial charge < -0.3 is 10.6 Å². The number of hydrogen-bond donors (Lipinski definition) is 2. The predicted octanol–water partition coefficient (Wildman–Crippen LogP) is 3.86. The van der Waals surface area contributed by atoms with Crippen molar-refractivity contribution in [1.29, 1.82) is 0 Å². The van der Waals surface area contributed by atoms with E-state index >= 15 is 0 Å². The van der Waals surface area contributed by atoms with E-state index in [1.807, 2.05) is 24.3 Å². The van der Waals surface area contributed by atoms with Crippen LogP contribution in [0.25, 0.3) is 0 Å². The van der Waals surface area contributed by atoms with Gasteiger partial charge in [-0.05, 0) is 62.6 Å². The fourth-order valence-corrected chi connectivity index (χ4v) is 4.39. The minimum absolute atomic E-state index is 0.0462. The SMILES string of the molecule is O=C(NCCc1cccc(Cl)c1)C1CCC(C(=O)NC2CCCC2)CC1. The number of nitrogens with one attached hydrogen (secondary N) is 2. The highest BCUT2D eigenvalue weighted by Crippen LogP contribution is 2.30. The summed E-state index contributed by atoms with van der Waals surface area (Å²) >= 11 is 5.98. The summed E-state index contributed by atoms with van der Waals surface area (Å²) in [5.74, 6) is 0.467. The van der Waals surface area contributed by atoms with E-state index in [-0.39, 0.29) is 23.7 Å². The average Bonchev–Trinajstić information content (AvgIpc) is 3.15. The van der Waals surface area contributed by atoms with Crippen molar-refractivity contribution < 1.29 is 9.59 Å². The molecule has 0 saturated heterocycles. The first-order valence-corrected chi connectivity index (χ1v) is 10.3. The molecule has 0 spiro atoms. The Morgan fingerprint density at radius 2 is 1.62 bits per heavy atom. The maximum atomic E-state index is 12.4. The normalized spacial score (nSPS) is 23.6. The van der Waals surface area contributed by atoms with Crippen LogP contribution in [-0.4, -0.2) is 24.4 Å². The number of hydrogen-bond acceptors (Lipinski definition) is 2. The van der Waals surface area contributed by atoms with Crippen LogP contribution in [0, 0.1) is 11.8 Å². The van der Waals surface area contributed by atoms with E-state index in [1.54, 1.807) is 0 Å². The molecule has 2 fully saturated rings. The number of amides is 2. The summed E-state index contributed by atoms with van der Waals surface area (Å²) < 4.78 is 0. The Morgan fingerprint density at radius 1 is 0.962 bits per heavy atom. The van der Waals surface area contributed by atoms with Gasteiger partial charge in [0.05, 0.1) is 0 Å². The lowest BCUT2D eigenvalue weighted by Crippen LogP contribution is -2.40. The zero-order valence-corrected chi connectivity index (χ0v) is 16.1. The summed E-state index contributed by atoms with van der Waals surface area (Å²) in [5, 5.41) is 6.96. The van der Waals surface area contributed by atoms with Crippen LogP contribution in [0.15, 0.2) is 24.3 Å². The van der Waals surface area contributed by atoms with Gasteiger partial charge in [-0.25, -0.2) is 0 Å². The van der Waals surface area contributed by atoms with Crippen LogP contribution in [0.1, 0.15) is 56.9 Å². The molecule has 2 saturated carbocycles. The van der Waals surface area contributed by atoms with E-state index in [0.29, 0.717) is 12.6 Å². The second kappa shape index (κ2) is 9.40. The summed E-state index contributed by atoms with van der Waals surface area (Å²) in [6.07, 6.45) is 8.76. The molecule has 0 aliphatic heterocycles. The molecule has 2 N–H and O–H groups in total. The second-order valence-electron chi connectivity index (χ2n) is 7.71. The summed E-state index contributed by atoms with van der Waals surface area (Å²) in [5.41, 5.74) is 1.13. The van der Waals surface area contributed by atoms with Crippen molar-refractivity contribution in [2.75, 3.05) is 6.54 Å². The summed E-state index contributed by atoms with van der Waals surface area (Å²) in [4.78, 5) is 24.7. The van der Waals surface area contributed by atoms with Gasteiger partial charge in [-0.2, -0.15) is 0 Å². The summed E-state index contributed by atoms with van der Waals surface area (Å²) in [6, 6.07) is 8.12. The maximum absolute atomic E-state index is 12.4. The molecular formula is C21H29ClN2O2. The Balaban J connectivity index is 1.35. The fraction of sp³-hybridized carbons (Fsp3) is 0.619. The molecule has 0 bridgehead atoms. The first-order chi connectivity index (χ1) is 12.6. The molecule has 0 radical (unpaired) electrons. The third-order valence-corrected chi connectivity index (χ3v) is 6.01. The molecule has 1 aromatic carbocycles. The first-order valence-electron chi connectivity index (χ1n) is 9.94. The topological polar surface area (TPSA) is 58.2 Å². The van der Waals surface area contributed by atoms with Crippen LogP contribution in [-0.2, 0) is 16.0 Å². The van der Waals surface area contributed by atoms with Gasteiger partial charge in [0.2, 0.25) is 11.8 Å². The molecular weight excluding hydrogens is 348 g/mol. The highest BCUT2D eigenvalue weighted by molar-refractivity contribution is 6.30. The number of halogens is 1. The zero-order chi connectivity index (χ0) is 18.4. The van der Waals surface area contributed by atoms with Crippen molar-refractivity contribution in [1.82, 2.24) is 10.6 Å². The van der Waals surface area contributed by atoms with Gasteiger partial charge in [0.25, 0.3) is 0 Å². The molecule has 5 heteroatoms. The molecule has 0 heterocycles. The van der Waals surface area contributed by atoms with Crippen molar-refractivity contribution in [3.8, 4) is 0 Å². The lowest BCUT2D eigenvalue weighted by atomic mass is 9.81. The van der Waals surface area contributed by atoms with Gasteiger partial charge in [-0.15, -0.1) is 0 Å². The van der Waals surface area contributed by atoms with Crippen LogP contribution in [0.4, 0.5) is 0 Å². The van der Waals surface area contributed by atoms with E-state index in [0.717, 1.165) is 55.5 Å². The van der Waals surface area contributed by atoms with Gasteiger partial charge in [0.15, 0.2) is 0 Å². The molecule has 2 aliphatic carbocycles. The molecule has 1 aromatic rings. The molecule has 0 atom stereocenters. The van der Waals surface area contributed by atoms with E-state index in [9.17, 15) is 9.59 Å². The third-order valence-electron chi connectivity index (χ3n) is 5.77. The molecule has 2 amide bonds. The van der Waals surface area contributed by atoms with E-state index in [1.165, 1.54) is 12.8 Å². The molecule has 0 unspecified atom stereocenters. The van der Waals surface area contributed by atoms with E-state index < -0.39 is 0 Å². The Bertz CT molecular complexity index is 620. The standard InChI is InChI=1S/C21H29ClN2O2/c22-18-5-3-4-15(14-18)12-13-23-20(25)16-8-10-17(11-9-16)21(26)24-19-6-1-2-7-19/h3-5,14,16-17,19H,1-2,6-13H2,(H,23,25)(H,24,26). The van der Waals surface area contributed by atoms with Crippen LogP contribution in [0.2, 0.25) is 5.02 Å². The highest BCUT2D eigenvalue weighted by Gasteiger charge is 2.31. The monoisotopic (exact) mass is 376 g/mol. The van der Waals surface area contributed by atoms with Gasteiger partial charge in [0, 0.05) is 29.4 Å². The molecule has 0 aromatic heterocycles. The lowest BCUT2D eigenvalue weighted by Gasteiger charge is -2.28. The molecule has 142 valence electrons. The predicted molar refractivity (Wildman–Crippen MR) is 104 cm³/mol. The van der Waals surface area contributed by atoms with Gasteiger partial charge in [0.1, 0.15) is 0 Å². The van der Waals surface area contributed by atoms with E-state index in [2.05, 4.69) is 10.6 Å². The van der Waals surface area contributed by atoms with Crippen molar-refractivity contribution in [3.63, 3.8) is 0 Å².